The van der Waals surface area contributed by atoms with Crippen molar-refractivity contribution in [1.29, 1.82) is 0 Å². The molecule has 3 heterocycles. The van der Waals surface area contributed by atoms with Crippen LogP contribution in [0.2, 0.25) is 15.2 Å². The second kappa shape index (κ2) is 12.5. The summed E-state index contributed by atoms with van der Waals surface area (Å²) in [6, 6.07) is 3.77. The maximum absolute atomic E-state index is 14.2. The highest BCUT2D eigenvalue weighted by atomic mass is 35.5. The molecule has 0 spiro atoms. The predicted octanol–water partition coefficient (Wildman–Crippen LogP) is 9.05. The molecule has 0 radical (unpaired) electrons. The molecule has 1 atom stereocenters. The lowest BCUT2D eigenvalue weighted by Crippen LogP contribution is -2.55. The van der Waals surface area contributed by atoms with Gasteiger partial charge in [-0.25, -0.2) is 32.3 Å². The van der Waals surface area contributed by atoms with Crippen molar-refractivity contribution in [3.05, 3.63) is 73.9 Å². The largest absolute Gasteiger partial charge is 0.444 e. The van der Waals surface area contributed by atoms with Gasteiger partial charge in [-0.05, 0) is 41.5 Å². The molecule has 2 aromatic carbocycles. The molecule has 1 amide bonds. The number of pyridine rings is 2. The molecule has 0 bridgehead atoms. The molecule has 43 heavy (non-hydrogen) atoms. The maximum atomic E-state index is 14.2. The molecule has 1 aliphatic heterocycles. The summed E-state index contributed by atoms with van der Waals surface area (Å²) in [6.07, 6.45) is -0.357. The van der Waals surface area contributed by atoms with Crippen LogP contribution >= 0.6 is 34.8 Å². The highest BCUT2D eigenvalue weighted by Gasteiger charge is 2.32. The number of anilines is 1. The molecule has 1 fully saturated rings. The van der Waals surface area contributed by atoms with E-state index in [1.54, 1.807) is 18.7 Å². The Morgan fingerprint density at radius 3 is 1.88 bits per heavy atom. The Morgan fingerprint density at radius 2 is 1.37 bits per heavy atom. The van der Waals surface area contributed by atoms with Gasteiger partial charge in [0.15, 0.2) is 0 Å². The van der Waals surface area contributed by atoms with Gasteiger partial charge in [-0.1, -0.05) is 34.8 Å². The number of hydrogen-bond donors (Lipinski definition) is 0. The molecule has 230 valence electrons. The van der Waals surface area contributed by atoms with E-state index in [4.69, 9.17) is 39.5 Å². The van der Waals surface area contributed by atoms with E-state index in [1.165, 1.54) is 6.07 Å². The first-order valence-electron chi connectivity index (χ1n) is 13.3. The molecular formula is C30H29Cl3F4N4O2. The fraction of sp³-hybridized carbons (Fsp3) is 0.367. The standard InChI is InChI=1S/C20H24ClF2N3O2.C10H5Cl2F2N/c1-11-10-25(19(27)28-20(3,4)5)6-7-26(11)18-12(2)17(21)16-14(23)8-13(22)9-15(16)24-18;1-4-9(11)8-6(14)2-5(13)3-7(8)15-10(4)12/h8-9,11H,6-7,10H2,1-5H3;2-3H,1H3/t11-;/m1./s1. The third kappa shape index (κ3) is 7.02. The molecule has 6 nitrogen and oxygen atoms in total. The van der Waals surface area contributed by atoms with Gasteiger partial charge in [0, 0.05) is 61.1 Å². The van der Waals surface area contributed by atoms with Gasteiger partial charge in [-0.3, -0.25) is 0 Å². The van der Waals surface area contributed by atoms with Crippen molar-refractivity contribution in [1.82, 2.24) is 14.9 Å². The number of carbonyl (C=O) groups excluding carboxylic acids is 1. The SMILES string of the molecule is Cc1c(Cl)nc2cc(F)cc(F)c2c1Cl.Cc1c(N2CCN(C(=O)OC(C)(C)C)C[C@H]2C)nc2cc(F)cc(F)c2c1Cl. The first kappa shape index (κ1) is 32.8. The number of hydrogen-bond acceptors (Lipinski definition) is 5. The van der Waals surface area contributed by atoms with Crippen molar-refractivity contribution in [2.45, 2.75) is 53.2 Å². The molecule has 13 heteroatoms. The van der Waals surface area contributed by atoms with E-state index < -0.39 is 28.9 Å². The van der Waals surface area contributed by atoms with Crippen LogP contribution in [-0.4, -0.2) is 52.2 Å². The first-order chi connectivity index (χ1) is 20.0. The van der Waals surface area contributed by atoms with Gasteiger partial charge in [-0.2, -0.15) is 0 Å². The van der Waals surface area contributed by atoms with Gasteiger partial charge in [0.05, 0.1) is 31.9 Å². The minimum Gasteiger partial charge on any atom is -0.444 e. The van der Waals surface area contributed by atoms with Crippen molar-refractivity contribution in [2.24, 2.45) is 0 Å². The number of rotatable bonds is 1. The Bertz CT molecular complexity index is 1730. The van der Waals surface area contributed by atoms with E-state index in [0.29, 0.717) is 36.6 Å². The molecule has 0 unspecified atom stereocenters. The van der Waals surface area contributed by atoms with Gasteiger partial charge in [0.1, 0.15) is 39.8 Å². The number of fused-ring (bicyclic) bond motifs is 2. The summed E-state index contributed by atoms with van der Waals surface area (Å²) in [4.78, 5) is 24.3. The van der Waals surface area contributed by atoms with Crippen LogP contribution in [0, 0.1) is 37.1 Å². The number of piperazine rings is 1. The number of ether oxygens (including phenoxy) is 1. The highest BCUT2D eigenvalue weighted by Crippen LogP contribution is 2.36. The molecule has 1 aliphatic rings. The fourth-order valence-electron chi connectivity index (χ4n) is 4.73. The molecule has 1 saturated heterocycles. The minimum atomic E-state index is -0.734. The summed E-state index contributed by atoms with van der Waals surface area (Å²) in [5, 5.41) is 0.753. The molecule has 0 N–H and O–H groups in total. The second-order valence-corrected chi connectivity index (χ2v) is 12.4. The van der Waals surface area contributed by atoms with Crippen LogP contribution in [0.25, 0.3) is 21.8 Å². The average molecular weight is 660 g/mol. The zero-order chi connectivity index (χ0) is 32.0. The Balaban J connectivity index is 0.000000237. The lowest BCUT2D eigenvalue weighted by molar-refractivity contribution is 0.0218. The van der Waals surface area contributed by atoms with Crippen LogP contribution in [0.15, 0.2) is 24.3 Å². The normalized spacial score (nSPS) is 15.5. The summed E-state index contributed by atoms with van der Waals surface area (Å²) in [7, 11) is 0. The van der Waals surface area contributed by atoms with Crippen LogP contribution in [0.3, 0.4) is 0 Å². The van der Waals surface area contributed by atoms with Gasteiger partial charge < -0.3 is 14.5 Å². The highest BCUT2D eigenvalue weighted by molar-refractivity contribution is 6.39. The number of carbonyl (C=O) groups is 1. The van der Waals surface area contributed by atoms with Gasteiger partial charge >= 0.3 is 6.09 Å². The fourth-order valence-corrected chi connectivity index (χ4v) is 5.51. The van der Waals surface area contributed by atoms with E-state index in [9.17, 15) is 22.4 Å². The third-order valence-electron chi connectivity index (χ3n) is 6.81. The second-order valence-electron chi connectivity index (χ2n) is 11.2. The Kier molecular flexibility index (Phi) is 9.54. The third-order valence-corrected chi connectivity index (χ3v) is 8.12. The lowest BCUT2D eigenvalue weighted by atomic mass is 10.1. The number of amides is 1. The topological polar surface area (TPSA) is 58.6 Å². The van der Waals surface area contributed by atoms with Crippen LogP contribution < -0.4 is 4.90 Å². The number of aromatic nitrogens is 2. The average Bonchev–Trinajstić information content (AvgIpc) is 2.88. The zero-order valence-corrected chi connectivity index (χ0v) is 26.5. The molecule has 5 rings (SSSR count). The summed E-state index contributed by atoms with van der Waals surface area (Å²) in [5.74, 6) is -2.30. The summed E-state index contributed by atoms with van der Waals surface area (Å²) >= 11 is 18.1. The van der Waals surface area contributed by atoms with E-state index in [0.717, 1.165) is 18.2 Å². The number of nitrogens with zero attached hydrogens (tertiary/aromatic N) is 4. The monoisotopic (exact) mass is 658 g/mol. The summed E-state index contributed by atoms with van der Waals surface area (Å²) in [6.45, 7) is 12.2. The van der Waals surface area contributed by atoms with Crippen molar-refractivity contribution in [3.63, 3.8) is 0 Å². The Hall–Kier alpha value is -3.08. The quantitative estimate of drug-likeness (QED) is 0.151. The van der Waals surface area contributed by atoms with Gasteiger partial charge in [0.25, 0.3) is 0 Å². The van der Waals surface area contributed by atoms with E-state index in [-0.39, 0.29) is 49.1 Å². The van der Waals surface area contributed by atoms with Crippen molar-refractivity contribution in [2.75, 3.05) is 24.5 Å². The molecule has 0 saturated carbocycles. The Labute approximate surface area is 261 Å². The molecule has 0 aliphatic carbocycles. The van der Waals surface area contributed by atoms with Gasteiger partial charge in [-0.15, -0.1) is 0 Å². The van der Waals surface area contributed by atoms with Crippen LogP contribution in [0.1, 0.15) is 38.8 Å². The van der Waals surface area contributed by atoms with Crippen LogP contribution in [0.4, 0.5) is 28.2 Å². The van der Waals surface area contributed by atoms with Crippen molar-refractivity contribution in [3.8, 4) is 0 Å². The van der Waals surface area contributed by atoms with E-state index >= 15 is 0 Å². The van der Waals surface area contributed by atoms with Crippen LogP contribution in [-0.2, 0) is 4.74 Å². The van der Waals surface area contributed by atoms with Crippen molar-refractivity contribution < 1.29 is 27.1 Å². The van der Waals surface area contributed by atoms with Crippen LogP contribution in [0.5, 0.6) is 0 Å². The summed E-state index contributed by atoms with van der Waals surface area (Å²) < 4.78 is 59.6. The molecule has 2 aromatic heterocycles. The predicted molar refractivity (Wildman–Crippen MR) is 162 cm³/mol. The zero-order valence-electron chi connectivity index (χ0n) is 24.3. The molecular weight excluding hydrogens is 631 g/mol. The number of benzene rings is 2. The van der Waals surface area contributed by atoms with E-state index in [2.05, 4.69) is 9.97 Å². The Morgan fingerprint density at radius 1 is 0.860 bits per heavy atom. The first-order valence-corrected chi connectivity index (χ1v) is 14.4. The van der Waals surface area contributed by atoms with E-state index in [1.807, 2.05) is 32.6 Å². The summed E-state index contributed by atoms with van der Waals surface area (Å²) in [5.41, 5.74) is 0.835. The van der Waals surface area contributed by atoms with Gasteiger partial charge in [0.2, 0.25) is 0 Å². The lowest BCUT2D eigenvalue weighted by Gasteiger charge is -2.41. The van der Waals surface area contributed by atoms with Crippen molar-refractivity contribution >= 4 is 68.5 Å². The number of halogens is 7. The smallest absolute Gasteiger partial charge is 0.410 e. The maximum Gasteiger partial charge on any atom is 0.410 e. The molecule has 4 aromatic rings. The minimum absolute atomic E-state index is 0.0700.